The predicted molar refractivity (Wildman–Crippen MR) is 256 cm³/mol. The Balaban J connectivity index is 1.07. The molecule has 0 bridgehead atoms. The van der Waals surface area contributed by atoms with Gasteiger partial charge >= 0.3 is 0 Å². The normalized spacial score (nSPS) is 18.5. The Labute approximate surface area is 365 Å². The van der Waals surface area contributed by atoms with Crippen molar-refractivity contribution in [2.45, 2.75) is 76.2 Å². The van der Waals surface area contributed by atoms with E-state index in [1.807, 2.05) is 0 Å². The lowest BCUT2D eigenvalue weighted by atomic mass is 9.70. The first kappa shape index (κ1) is 36.1. The van der Waals surface area contributed by atoms with Crippen LogP contribution in [0.1, 0.15) is 95.5 Å². The smallest absolute Gasteiger partial charge is 0.125 e. The molecule has 2 atom stereocenters. The number of hydrogen-bond acceptors (Lipinski definition) is 2. The number of nitrogens with zero attached hydrogens (tertiary/aromatic N) is 1. The van der Waals surface area contributed by atoms with Gasteiger partial charge in [0, 0.05) is 28.1 Å². The summed E-state index contributed by atoms with van der Waals surface area (Å²) in [6, 6.07) is 62.7. The maximum Gasteiger partial charge on any atom is 0.125 e. The molecule has 2 unspecified atom stereocenters. The zero-order valence-electron chi connectivity index (χ0n) is 35.9. The molecule has 0 radical (unpaired) electrons. The average molecular weight is 800 g/mol. The Hall–Kier alpha value is -6.64. The minimum absolute atomic E-state index is 0.0521. The molecule has 0 N–H and O–H groups in total. The molecular formula is C60H49NO. The van der Waals surface area contributed by atoms with Crippen molar-refractivity contribution in [3.8, 4) is 50.3 Å². The SMILES string of the molecule is Cc1ccc2c(c1)C1(c3ccccc3-c3ccccc31)c1cc(C)cc(N(c3ccc(-c4cccc5c4-c4ccccc4C5(C)C)cc3)c3cccc4c3C3CCCCC3O4)c1-2. The van der Waals surface area contributed by atoms with Crippen LogP contribution in [0.2, 0.25) is 0 Å². The van der Waals surface area contributed by atoms with Gasteiger partial charge < -0.3 is 9.64 Å². The van der Waals surface area contributed by atoms with Gasteiger partial charge in [0.05, 0.1) is 16.8 Å². The Bertz CT molecular complexity index is 3140. The molecule has 0 saturated heterocycles. The number of benzene rings is 8. The largest absolute Gasteiger partial charge is 0.489 e. The Morgan fingerprint density at radius 3 is 1.89 bits per heavy atom. The highest BCUT2D eigenvalue weighted by Crippen LogP contribution is 2.66. The van der Waals surface area contributed by atoms with E-state index in [-0.39, 0.29) is 11.5 Å². The number of ether oxygens (including phenoxy) is 1. The van der Waals surface area contributed by atoms with Crippen LogP contribution in [0.5, 0.6) is 5.75 Å². The van der Waals surface area contributed by atoms with Gasteiger partial charge in [0.2, 0.25) is 0 Å². The number of hydrogen-bond donors (Lipinski definition) is 0. The minimum Gasteiger partial charge on any atom is -0.489 e. The maximum atomic E-state index is 6.85. The van der Waals surface area contributed by atoms with Crippen LogP contribution < -0.4 is 9.64 Å². The number of fused-ring (bicyclic) bond motifs is 16. The highest BCUT2D eigenvalue weighted by atomic mass is 16.5. The van der Waals surface area contributed by atoms with Crippen molar-refractivity contribution < 1.29 is 4.74 Å². The predicted octanol–water partition coefficient (Wildman–Crippen LogP) is 15.5. The summed E-state index contributed by atoms with van der Waals surface area (Å²) in [4.78, 5) is 2.61. The van der Waals surface area contributed by atoms with Crippen LogP contribution in [0.25, 0.3) is 44.5 Å². The molecule has 2 nitrogen and oxygen atoms in total. The van der Waals surface area contributed by atoms with E-state index in [9.17, 15) is 0 Å². The van der Waals surface area contributed by atoms with Crippen LogP contribution in [0, 0.1) is 13.8 Å². The number of rotatable bonds is 4. The van der Waals surface area contributed by atoms with E-state index in [1.165, 1.54) is 119 Å². The van der Waals surface area contributed by atoms with Gasteiger partial charge in [-0.3, -0.25) is 0 Å². The van der Waals surface area contributed by atoms with E-state index in [2.05, 4.69) is 196 Å². The first-order chi connectivity index (χ1) is 30.3. The summed E-state index contributed by atoms with van der Waals surface area (Å²) in [5.41, 5.74) is 25.9. The van der Waals surface area contributed by atoms with Gasteiger partial charge in [0.1, 0.15) is 11.9 Å². The number of aryl methyl sites for hydroxylation is 2. The van der Waals surface area contributed by atoms with Gasteiger partial charge in [-0.1, -0.05) is 159 Å². The van der Waals surface area contributed by atoms with E-state index < -0.39 is 5.41 Å². The van der Waals surface area contributed by atoms with Crippen molar-refractivity contribution in [3.05, 3.63) is 214 Å². The molecule has 1 aliphatic heterocycles. The molecule has 4 aliphatic carbocycles. The minimum atomic E-state index is -0.436. The van der Waals surface area contributed by atoms with Crippen LogP contribution in [0.15, 0.2) is 164 Å². The third-order valence-corrected chi connectivity index (χ3v) is 15.4. The lowest BCUT2D eigenvalue weighted by Gasteiger charge is -2.33. The van der Waals surface area contributed by atoms with Crippen molar-refractivity contribution in [3.63, 3.8) is 0 Å². The van der Waals surface area contributed by atoms with E-state index in [0.29, 0.717) is 5.92 Å². The van der Waals surface area contributed by atoms with Gasteiger partial charge in [-0.2, -0.15) is 0 Å². The molecule has 0 aromatic heterocycles. The van der Waals surface area contributed by atoms with Crippen LogP contribution >= 0.6 is 0 Å². The van der Waals surface area contributed by atoms with Gasteiger partial charge in [-0.15, -0.1) is 0 Å². The highest BCUT2D eigenvalue weighted by molar-refractivity contribution is 6.02. The fourth-order valence-corrected chi connectivity index (χ4v) is 12.8. The summed E-state index contributed by atoms with van der Waals surface area (Å²) in [7, 11) is 0. The average Bonchev–Trinajstić information content (AvgIpc) is 3.99. The summed E-state index contributed by atoms with van der Waals surface area (Å²) in [5, 5.41) is 0. The monoisotopic (exact) mass is 799 g/mol. The third kappa shape index (κ3) is 4.70. The first-order valence-corrected chi connectivity index (χ1v) is 22.7. The standard InChI is InChI=1S/C60H49NO/c1-36-27-32-44-50(33-36)60(47-21-10-5-15-41(47)42-16-6-11-22-48(42)60)51-34-37(2)35-53(57(44)51)61(52-24-14-26-55-58(52)45-18-8-12-25-54(45)62-55)39-30-28-38(29-31-39)40-19-13-23-49-56(40)43-17-7-9-20-46(43)59(49,3)4/h5-7,9-11,13-17,19-24,26-35,45,54H,8,12,18,25H2,1-4H3. The maximum absolute atomic E-state index is 6.85. The lowest BCUT2D eigenvalue weighted by molar-refractivity contribution is 0.164. The molecule has 2 heteroatoms. The summed E-state index contributed by atoms with van der Waals surface area (Å²) >= 11 is 0. The summed E-state index contributed by atoms with van der Waals surface area (Å²) in [6.45, 7) is 9.28. The van der Waals surface area contributed by atoms with Gasteiger partial charge in [-0.05, 0) is 141 Å². The highest BCUT2D eigenvalue weighted by Gasteiger charge is 2.53. The topological polar surface area (TPSA) is 12.5 Å². The van der Waals surface area contributed by atoms with Crippen molar-refractivity contribution in [2.24, 2.45) is 0 Å². The summed E-state index contributed by atoms with van der Waals surface area (Å²) in [5.74, 6) is 1.43. The van der Waals surface area contributed by atoms with E-state index >= 15 is 0 Å². The molecule has 8 aromatic rings. The van der Waals surface area contributed by atoms with Crippen LogP contribution in [-0.2, 0) is 10.8 Å². The summed E-state index contributed by atoms with van der Waals surface area (Å²) in [6.07, 6.45) is 4.97. The quantitative estimate of drug-likeness (QED) is 0.176. The zero-order chi connectivity index (χ0) is 41.5. The molecule has 1 saturated carbocycles. The molecule has 5 aliphatic rings. The molecule has 1 heterocycles. The van der Waals surface area contributed by atoms with Gasteiger partial charge in [0.25, 0.3) is 0 Å². The zero-order valence-corrected chi connectivity index (χ0v) is 35.9. The van der Waals surface area contributed by atoms with Crippen LogP contribution in [-0.4, -0.2) is 6.10 Å². The molecule has 13 rings (SSSR count). The van der Waals surface area contributed by atoms with Crippen molar-refractivity contribution >= 4 is 17.1 Å². The Morgan fingerprint density at radius 1 is 0.484 bits per heavy atom. The second-order valence-electron chi connectivity index (χ2n) is 19.1. The van der Waals surface area contributed by atoms with Crippen LogP contribution in [0.4, 0.5) is 17.1 Å². The molecular weight excluding hydrogens is 751 g/mol. The first-order valence-electron chi connectivity index (χ1n) is 22.7. The number of anilines is 3. The molecule has 62 heavy (non-hydrogen) atoms. The van der Waals surface area contributed by atoms with Crippen molar-refractivity contribution in [1.82, 2.24) is 0 Å². The van der Waals surface area contributed by atoms with Gasteiger partial charge in [-0.25, -0.2) is 0 Å². The van der Waals surface area contributed by atoms with Gasteiger partial charge in [0.15, 0.2) is 0 Å². The Morgan fingerprint density at radius 2 is 1.11 bits per heavy atom. The molecule has 300 valence electrons. The van der Waals surface area contributed by atoms with Crippen molar-refractivity contribution in [1.29, 1.82) is 0 Å². The molecule has 1 fully saturated rings. The molecule has 8 aromatic carbocycles. The third-order valence-electron chi connectivity index (χ3n) is 15.4. The van der Waals surface area contributed by atoms with E-state index in [0.717, 1.165) is 24.3 Å². The summed E-state index contributed by atoms with van der Waals surface area (Å²) < 4.78 is 6.85. The fraction of sp³-hybridized carbons (Fsp3) is 0.200. The molecule has 1 spiro atoms. The van der Waals surface area contributed by atoms with E-state index in [1.54, 1.807) is 0 Å². The molecule has 0 amide bonds. The second-order valence-corrected chi connectivity index (χ2v) is 19.1. The second kappa shape index (κ2) is 12.9. The lowest BCUT2D eigenvalue weighted by Crippen LogP contribution is -2.26. The van der Waals surface area contributed by atoms with Crippen molar-refractivity contribution in [2.75, 3.05) is 4.90 Å². The van der Waals surface area contributed by atoms with E-state index in [4.69, 9.17) is 4.74 Å². The van der Waals surface area contributed by atoms with Crippen LogP contribution in [0.3, 0.4) is 0 Å². The Kier molecular flexibility index (Phi) is 7.53. The fourth-order valence-electron chi connectivity index (χ4n) is 12.8.